The number of hydrogen-bond acceptors (Lipinski definition) is 5. The number of nitrogens with zero attached hydrogens (tertiary/aromatic N) is 5. The van der Waals surface area contributed by atoms with E-state index in [9.17, 15) is 0 Å². The van der Waals surface area contributed by atoms with E-state index in [0.29, 0.717) is 0 Å². The minimum Gasteiger partial charge on any atom is -0.368 e. The van der Waals surface area contributed by atoms with Crippen molar-refractivity contribution in [3.63, 3.8) is 0 Å². The summed E-state index contributed by atoms with van der Waals surface area (Å²) >= 11 is 0. The zero-order valence-corrected chi connectivity index (χ0v) is 19.1. The molecule has 1 aliphatic heterocycles. The van der Waals surface area contributed by atoms with Gasteiger partial charge in [0.25, 0.3) is 0 Å². The smallest absolute Gasteiger partial charge is 0.178 e. The molecule has 0 spiro atoms. The number of para-hydroxylation sites is 1. The van der Waals surface area contributed by atoms with Gasteiger partial charge in [-0.05, 0) is 63.3 Å². The maximum Gasteiger partial charge on any atom is 0.178 e. The number of pyridine rings is 1. The highest BCUT2D eigenvalue weighted by atomic mass is 15.2. The number of benzene rings is 1. The van der Waals surface area contributed by atoms with Crippen molar-refractivity contribution in [3.05, 3.63) is 42.6 Å². The van der Waals surface area contributed by atoms with Gasteiger partial charge in [-0.2, -0.15) is 0 Å². The van der Waals surface area contributed by atoms with Gasteiger partial charge >= 0.3 is 0 Å². The minimum atomic E-state index is 0.773. The van der Waals surface area contributed by atoms with Gasteiger partial charge in [0.2, 0.25) is 0 Å². The predicted octanol–water partition coefficient (Wildman–Crippen LogP) is 4.26. The molecule has 1 N–H and O–H groups in total. The summed E-state index contributed by atoms with van der Waals surface area (Å²) in [5, 5.41) is 0. The number of nitrogens with one attached hydrogen (secondary N) is 1. The lowest BCUT2D eigenvalue weighted by Gasteiger charge is -2.33. The molecule has 0 aliphatic carbocycles. The summed E-state index contributed by atoms with van der Waals surface area (Å²) in [5.74, 6) is 0.898. The van der Waals surface area contributed by atoms with Gasteiger partial charge in [-0.3, -0.25) is 0 Å². The van der Waals surface area contributed by atoms with Gasteiger partial charge in [0.05, 0.1) is 5.52 Å². The van der Waals surface area contributed by atoms with E-state index in [-0.39, 0.29) is 0 Å². The standard InChI is InChI=1S/C25H36N6/c1-3-29(4-2)17-19-31(20-18-30-15-8-5-9-16-30)23-13-7-6-11-21(23)24-27-22-12-10-14-26-25(22)28-24/h6-7,10-14H,3-5,8-9,15-20H2,1-2H3,(H,26,27,28). The molecule has 4 rings (SSSR count). The van der Waals surface area contributed by atoms with Crippen molar-refractivity contribution in [2.75, 3.05) is 57.3 Å². The first-order valence-corrected chi connectivity index (χ1v) is 11.9. The summed E-state index contributed by atoms with van der Waals surface area (Å²) < 4.78 is 0. The van der Waals surface area contributed by atoms with Crippen molar-refractivity contribution in [2.24, 2.45) is 0 Å². The number of likely N-dealkylation sites (tertiary alicyclic amines) is 1. The number of imidazole rings is 1. The van der Waals surface area contributed by atoms with E-state index in [2.05, 4.69) is 62.8 Å². The number of aromatic amines is 1. The highest BCUT2D eigenvalue weighted by Gasteiger charge is 2.18. The van der Waals surface area contributed by atoms with E-state index in [0.717, 1.165) is 61.8 Å². The third-order valence-corrected chi connectivity index (χ3v) is 6.47. The Bertz CT molecular complexity index is 909. The molecule has 3 heterocycles. The minimum absolute atomic E-state index is 0.773. The van der Waals surface area contributed by atoms with Crippen LogP contribution in [-0.4, -0.2) is 77.1 Å². The van der Waals surface area contributed by atoms with E-state index in [1.54, 1.807) is 6.20 Å². The molecule has 166 valence electrons. The molecular formula is C25H36N6. The van der Waals surface area contributed by atoms with Crippen molar-refractivity contribution >= 4 is 16.9 Å². The Morgan fingerprint density at radius 1 is 0.935 bits per heavy atom. The topological polar surface area (TPSA) is 51.3 Å². The molecule has 1 aromatic carbocycles. The lowest BCUT2D eigenvalue weighted by Crippen LogP contribution is -2.41. The highest BCUT2D eigenvalue weighted by molar-refractivity contribution is 5.81. The Morgan fingerprint density at radius 2 is 1.74 bits per heavy atom. The van der Waals surface area contributed by atoms with Crippen LogP contribution in [0.3, 0.4) is 0 Å². The summed E-state index contributed by atoms with van der Waals surface area (Å²) in [4.78, 5) is 20.4. The van der Waals surface area contributed by atoms with E-state index in [4.69, 9.17) is 4.98 Å². The van der Waals surface area contributed by atoms with Gasteiger partial charge in [0.1, 0.15) is 5.82 Å². The number of rotatable bonds is 10. The largest absolute Gasteiger partial charge is 0.368 e. The number of aromatic nitrogens is 3. The van der Waals surface area contributed by atoms with Crippen molar-refractivity contribution in [2.45, 2.75) is 33.1 Å². The molecule has 2 aromatic heterocycles. The summed E-state index contributed by atoms with van der Waals surface area (Å²) in [6, 6.07) is 12.7. The average molecular weight is 421 g/mol. The van der Waals surface area contributed by atoms with Gasteiger partial charge in [-0.15, -0.1) is 0 Å². The van der Waals surface area contributed by atoms with Crippen molar-refractivity contribution in [3.8, 4) is 11.4 Å². The fraction of sp³-hybridized carbons (Fsp3) is 0.520. The fourth-order valence-electron chi connectivity index (χ4n) is 4.52. The van der Waals surface area contributed by atoms with Crippen LogP contribution in [0, 0.1) is 0 Å². The monoisotopic (exact) mass is 420 g/mol. The van der Waals surface area contributed by atoms with Crippen molar-refractivity contribution in [1.29, 1.82) is 0 Å². The number of hydrogen-bond donors (Lipinski definition) is 1. The lowest BCUT2D eigenvalue weighted by atomic mass is 10.1. The quantitative estimate of drug-likeness (QED) is 0.531. The van der Waals surface area contributed by atoms with Crippen LogP contribution in [0.5, 0.6) is 0 Å². The summed E-state index contributed by atoms with van der Waals surface area (Å²) in [7, 11) is 0. The zero-order valence-electron chi connectivity index (χ0n) is 19.1. The molecule has 0 amide bonds. The third kappa shape index (κ3) is 5.43. The molecule has 6 nitrogen and oxygen atoms in total. The van der Waals surface area contributed by atoms with E-state index >= 15 is 0 Å². The van der Waals surface area contributed by atoms with Crippen LogP contribution < -0.4 is 4.90 Å². The molecular weight excluding hydrogens is 384 g/mol. The van der Waals surface area contributed by atoms with Crippen LogP contribution >= 0.6 is 0 Å². The number of likely N-dealkylation sites (N-methyl/N-ethyl adjacent to an activating group) is 1. The van der Waals surface area contributed by atoms with Crippen LogP contribution in [-0.2, 0) is 0 Å². The summed E-state index contributed by atoms with van der Waals surface area (Å²) in [6.45, 7) is 13.4. The molecule has 1 fully saturated rings. The fourth-order valence-corrected chi connectivity index (χ4v) is 4.52. The van der Waals surface area contributed by atoms with Crippen LogP contribution in [0.1, 0.15) is 33.1 Å². The summed E-state index contributed by atoms with van der Waals surface area (Å²) in [5.41, 5.74) is 4.16. The lowest BCUT2D eigenvalue weighted by molar-refractivity contribution is 0.231. The molecule has 0 radical (unpaired) electrons. The van der Waals surface area contributed by atoms with Gasteiger partial charge in [-0.25, -0.2) is 9.97 Å². The molecule has 3 aromatic rings. The van der Waals surface area contributed by atoms with Crippen LogP contribution in [0.4, 0.5) is 5.69 Å². The van der Waals surface area contributed by atoms with E-state index in [1.165, 1.54) is 38.0 Å². The second-order valence-electron chi connectivity index (χ2n) is 8.39. The predicted molar refractivity (Wildman–Crippen MR) is 130 cm³/mol. The Balaban J connectivity index is 1.59. The Hall–Kier alpha value is -2.44. The average Bonchev–Trinajstić information content (AvgIpc) is 3.26. The number of H-pyrrole nitrogens is 1. The second-order valence-corrected chi connectivity index (χ2v) is 8.39. The first-order chi connectivity index (χ1) is 15.3. The van der Waals surface area contributed by atoms with Crippen LogP contribution in [0.15, 0.2) is 42.6 Å². The normalized spacial score (nSPS) is 15.1. The first kappa shape index (κ1) is 21.8. The van der Waals surface area contributed by atoms with Gasteiger partial charge in [-0.1, -0.05) is 32.4 Å². The molecule has 1 saturated heterocycles. The first-order valence-electron chi connectivity index (χ1n) is 11.9. The van der Waals surface area contributed by atoms with E-state index in [1.807, 2.05) is 12.1 Å². The molecule has 0 unspecified atom stereocenters. The molecule has 1 aliphatic rings. The molecule has 0 saturated carbocycles. The van der Waals surface area contributed by atoms with Crippen LogP contribution in [0.2, 0.25) is 0 Å². The second kappa shape index (κ2) is 10.7. The summed E-state index contributed by atoms with van der Waals surface area (Å²) in [6.07, 6.45) is 5.85. The maximum atomic E-state index is 4.79. The molecule has 6 heteroatoms. The maximum absolute atomic E-state index is 4.79. The van der Waals surface area contributed by atoms with Crippen LogP contribution in [0.25, 0.3) is 22.6 Å². The Labute approximate surface area is 186 Å². The number of anilines is 1. The van der Waals surface area contributed by atoms with Gasteiger partial charge in [0, 0.05) is 43.6 Å². The number of piperidine rings is 1. The Morgan fingerprint density at radius 3 is 2.52 bits per heavy atom. The molecule has 0 atom stereocenters. The van der Waals surface area contributed by atoms with Crippen molar-refractivity contribution < 1.29 is 0 Å². The highest BCUT2D eigenvalue weighted by Crippen LogP contribution is 2.30. The SMILES string of the molecule is CCN(CC)CCN(CCN1CCCCC1)c1ccccc1-c1nc2ncccc2[nH]1. The van der Waals surface area contributed by atoms with Gasteiger partial charge < -0.3 is 19.7 Å². The number of fused-ring (bicyclic) bond motifs is 1. The molecule has 31 heavy (non-hydrogen) atoms. The van der Waals surface area contributed by atoms with E-state index < -0.39 is 0 Å². The Kier molecular flexibility index (Phi) is 7.54. The van der Waals surface area contributed by atoms with Crippen molar-refractivity contribution in [1.82, 2.24) is 24.8 Å². The zero-order chi connectivity index (χ0) is 21.5. The molecule has 0 bridgehead atoms. The third-order valence-electron chi connectivity index (χ3n) is 6.47. The van der Waals surface area contributed by atoms with Gasteiger partial charge in [0.15, 0.2) is 5.65 Å².